The summed E-state index contributed by atoms with van der Waals surface area (Å²) in [6, 6.07) is 15.9. The number of methoxy groups -OCH3 is 1. The molecular weight excluding hydrogens is 364 g/mol. The number of carbonyl (C=O) groups is 1. The average Bonchev–Trinajstić information content (AvgIpc) is 2.65. The van der Waals surface area contributed by atoms with Gasteiger partial charge in [-0.25, -0.2) is 0 Å². The van der Waals surface area contributed by atoms with Crippen LogP contribution in [-0.4, -0.2) is 17.6 Å². The molecule has 1 aromatic heterocycles. The minimum Gasteiger partial charge on any atom is -0.495 e. The summed E-state index contributed by atoms with van der Waals surface area (Å²) in [5, 5.41) is 3.39. The molecular formula is C21H19ClN2O3. The van der Waals surface area contributed by atoms with E-state index in [0.29, 0.717) is 23.0 Å². The number of rotatable bonds is 5. The lowest BCUT2D eigenvalue weighted by atomic mass is 10.2. The molecule has 2 aromatic carbocycles. The lowest BCUT2D eigenvalue weighted by Gasteiger charge is -2.12. The van der Waals surface area contributed by atoms with E-state index in [9.17, 15) is 9.59 Å². The van der Waals surface area contributed by atoms with Crippen LogP contribution in [0, 0.1) is 6.92 Å². The molecule has 3 rings (SSSR count). The van der Waals surface area contributed by atoms with Gasteiger partial charge in [-0.15, -0.1) is 0 Å². The van der Waals surface area contributed by atoms with Gasteiger partial charge in [-0.2, -0.15) is 0 Å². The number of anilines is 1. The molecule has 27 heavy (non-hydrogen) atoms. The maximum Gasteiger partial charge on any atom is 0.263 e. The van der Waals surface area contributed by atoms with Gasteiger partial charge in [-0.3, -0.25) is 9.59 Å². The first-order chi connectivity index (χ1) is 13.0. The molecule has 0 unspecified atom stereocenters. The summed E-state index contributed by atoms with van der Waals surface area (Å²) in [6.45, 7) is 2.27. The number of aryl methyl sites for hydroxylation is 1. The lowest BCUT2D eigenvalue weighted by molar-refractivity contribution is 0.102. The Morgan fingerprint density at radius 3 is 2.59 bits per heavy atom. The van der Waals surface area contributed by atoms with Crippen molar-refractivity contribution >= 4 is 23.2 Å². The first kappa shape index (κ1) is 18.7. The summed E-state index contributed by atoms with van der Waals surface area (Å²) in [6.07, 6.45) is 1.65. The Morgan fingerprint density at radius 1 is 1.15 bits per heavy atom. The minimum absolute atomic E-state index is 0.0648. The molecule has 0 saturated heterocycles. The number of ether oxygens (including phenoxy) is 1. The van der Waals surface area contributed by atoms with Gasteiger partial charge in [-0.1, -0.05) is 29.8 Å². The van der Waals surface area contributed by atoms with Crippen LogP contribution in [-0.2, 0) is 6.54 Å². The zero-order valence-electron chi connectivity index (χ0n) is 15.0. The van der Waals surface area contributed by atoms with Crippen molar-refractivity contribution in [2.75, 3.05) is 12.4 Å². The Morgan fingerprint density at radius 2 is 1.89 bits per heavy atom. The van der Waals surface area contributed by atoms with Gasteiger partial charge in [0.05, 0.1) is 19.3 Å². The number of hydrogen-bond donors (Lipinski definition) is 1. The van der Waals surface area contributed by atoms with Crippen LogP contribution in [0.2, 0.25) is 5.02 Å². The minimum atomic E-state index is -0.477. The van der Waals surface area contributed by atoms with Gasteiger partial charge in [0.1, 0.15) is 11.3 Å². The molecule has 0 fully saturated rings. The van der Waals surface area contributed by atoms with Crippen LogP contribution in [0.4, 0.5) is 5.69 Å². The SMILES string of the molecule is COc1ccc(C)cc1NC(=O)c1cccn(Cc2ccc(Cl)cc2)c1=O. The van der Waals surface area contributed by atoms with E-state index in [1.165, 1.54) is 17.7 Å². The maximum absolute atomic E-state index is 12.7. The Balaban J connectivity index is 1.87. The molecule has 0 atom stereocenters. The molecule has 0 saturated carbocycles. The molecule has 0 spiro atoms. The standard InChI is InChI=1S/C21H19ClN2O3/c1-14-5-10-19(27-2)18(12-14)23-20(25)17-4-3-11-24(21(17)26)13-15-6-8-16(22)9-7-15/h3-12H,13H2,1-2H3,(H,23,25). The van der Waals surface area contributed by atoms with Crippen molar-refractivity contribution in [1.82, 2.24) is 4.57 Å². The van der Waals surface area contributed by atoms with Crippen molar-refractivity contribution in [1.29, 1.82) is 0 Å². The average molecular weight is 383 g/mol. The number of aromatic nitrogens is 1. The second-order valence-electron chi connectivity index (χ2n) is 6.14. The number of nitrogens with one attached hydrogen (secondary N) is 1. The number of amides is 1. The van der Waals surface area contributed by atoms with E-state index in [1.807, 2.05) is 25.1 Å². The molecule has 138 valence electrons. The van der Waals surface area contributed by atoms with Crippen molar-refractivity contribution < 1.29 is 9.53 Å². The van der Waals surface area contributed by atoms with Crippen LogP contribution < -0.4 is 15.6 Å². The van der Waals surface area contributed by atoms with Gasteiger partial charge in [0, 0.05) is 11.2 Å². The normalized spacial score (nSPS) is 10.5. The molecule has 0 bridgehead atoms. The van der Waals surface area contributed by atoms with Gasteiger partial charge in [0.25, 0.3) is 11.5 Å². The number of halogens is 1. The Kier molecular flexibility index (Phi) is 5.62. The molecule has 1 amide bonds. The zero-order valence-corrected chi connectivity index (χ0v) is 15.8. The number of carbonyl (C=O) groups excluding carboxylic acids is 1. The summed E-state index contributed by atoms with van der Waals surface area (Å²) in [5.41, 5.74) is 2.11. The highest BCUT2D eigenvalue weighted by molar-refractivity contribution is 6.30. The first-order valence-electron chi connectivity index (χ1n) is 8.38. The number of nitrogens with zero attached hydrogens (tertiary/aromatic N) is 1. The summed E-state index contributed by atoms with van der Waals surface area (Å²) >= 11 is 5.89. The van der Waals surface area contributed by atoms with Crippen LogP contribution in [0.25, 0.3) is 0 Å². The van der Waals surface area contributed by atoms with Crippen LogP contribution >= 0.6 is 11.6 Å². The van der Waals surface area contributed by atoms with Gasteiger partial charge >= 0.3 is 0 Å². The smallest absolute Gasteiger partial charge is 0.263 e. The summed E-state index contributed by atoms with van der Waals surface area (Å²) in [4.78, 5) is 25.4. The van der Waals surface area contributed by atoms with Gasteiger partial charge in [0.2, 0.25) is 0 Å². The summed E-state index contributed by atoms with van der Waals surface area (Å²) in [5.74, 6) is 0.0562. The topological polar surface area (TPSA) is 60.3 Å². The molecule has 5 nitrogen and oxygen atoms in total. The van der Waals surface area contributed by atoms with Crippen molar-refractivity contribution in [3.63, 3.8) is 0 Å². The van der Waals surface area contributed by atoms with E-state index >= 15 is 0 Å². The zero-order chi connectivity index (χ0) is 19.4. The van der Waals surface area contributed by atoms with E-state index in [1.54, 1.807) is 36.5 Å². The van der Waals surface area contributed by atoms with Crippen molar-refractivity contribution in [3.05, 3.63) is 92.9 Å². The van der Waals surface area contributed by atoms with E-state index in [2.05, 4.69) is 5.32 Å². The predicted octanol–water partition coefficient (Wildman–Crippen LogP) is 4.12. The molecule has 6 heteroatoms. The third-order valence-electron chi connectivity index (χ3n) is 4.13. The molecule has 1 N–H and O–H groups in total. The van der Waals surface area contributed by atoms with Gasteiger partial charge < -0.3 is 14.6 Å². The lowest BCUT2D eigenvalue weighted by Crippen LogP contribution is -2.29. The Hall–Kier alpha value is -3.05. The highest BCUT2D eigenvalue weighted by Gasteiger charge is 2.15. The Labute approximate surface area is 162 Å². The highest BCUT2D eigenvalue weighted by atomic mass is 35.5. The predicted molar refractivity (Wildman–Crippen MR) is 107 cm³/mol. The van der Waals surface area contributed by atoms with Crippen molar-refractivity contribution in [2.45, 2.75) is 13.5 Å². The molecule has 0 aliphatic rings. The van der Waals surface area contributed by atoms with Crippen LogP contribution in [0.15, 0.2) is 65.6 Å². The van der Waals surface area contributed by atoms with Gasteiger partial charge in [0.15, 0.2) is 0 Å². The molecule has 0 aliphatic heterocycles. The number of pyridine rings is 1. The van der Waals surface area contributed by atoms with Crippen LogP contribution in [0.3, 0.4) is 0 Å². The molecule has 1 heterocycles. The third-order valence-corrected chi connectivity index (χ3v) is 4.39. The second kappa shape index (κ2) is 8.10. The van der Waals surface area contributed by atoms with E-state index in [0.717, 1.165) is 11.1 Å². The molecule has 0 aliphatic carbocycles. The van der Waals surface area contributed by atoms with E-state index < -0.39 is 5.91 Å². The molecule has 0 radical (unpaired) electrons. The Bertz CT molecular complexity index is 1030. The maximum atomic E-state index is 12.7. The van der Waals surface area contributed by atoms with Crippen molar-refractivity contribution in [2.24, 2.45) is 0 Å². The second-order valence-corrected chi connectivity index (χ2v) is 6.58. The largest absolute Gasteiger partial charge is 0.495 e. The quantitative estimate of drug-likeness (QED) is 0.722. The fourth-order valence-corrected chi connectivity index (χ4v) is 2.86. The van der Waals surface area contributed by atoms with E-state index in [4.69, 9.17) is 16.3 Å². The monoisotopic (exact) mass is 382 g/mol. The fraction of sp³-hybridized carbons (Fsp3) is 0.143. The fourth-order valence-electron chi connectivity index (χ4n) is 2.73. The highest BCUT2D eigenvalue weighted by Crippen LogP contribution is 2.25. The third kappa shape index (κ3) is 4.38. The summed E-state index contributed by atoms with van der Waals surface area (Å²) in [7, 11) is 1.53. The number of benzene rings is 2. The molecule has 3 aromatic rings. The van der Waals surface area contributed by atoms with E-state index in [-0.39, 0.29) is 11.1 Å². The summed E-state index contributed by atoms with van der Waals surface area (Å²) < 4.78 is 6.76. The van der Waals surface area contributed by atoms with Crippen LogP contribution in [0.5, 0.6) is 5.75 Å². The first-order valence-corrected chi connectivity index (χ1v) is 8.75. The van der Waals surface area contributed by atoms with Crippen molar-refractivity contribution in [3.8, 4) is 5.75 Å². The number of hydrogen-bond acceptors (Lipinski definition) is 3. The van der Waals surface area contributed by atoms with Crippen LogP contribution in [0.1, 0.15) is 21.5 Å². The van der Waals surface area contributed by atoms with Gasteiger partial charge in [-0.05, 0) is 54.4 Å².